The van der Waals surface area contributed by atoms with Crippen LogP contribution < -0.4 is 0 Å². The molecular weight excluding hydrogens is 262 g/mol. The highest BCUT2D eigenvalue weighted by Crippen LogP contribution is 2.38. The molecule has 4 heteroatoms. The van der Waals surface area contributed by atoms with Crippen molar-refractivity contribution in [2.24, 2.45) is 0 Å². The first-order chi connectivity index (χ1) is 6.61. The SMILES string of the molecule is Clc1ccc(Cl)c2c(Cl)ccc(Cl)c12. The van der Waals surface area contributed by atoms with E-state index in [-0.39, 0.29) is 0 Å². The molecule has 0 saturated heterocycles. The first kappa shape index (κ1) is 10.4. The number of hydrogen-bond donors (Lipinski definition) is 0. The van der Waals surface area contributed by atoms with Crippen LogP contribution in [0.15, 0.2) is 24.3 Å². The molecule has 0 aliphatic heterocycles. The van der Waals surface area contributed by atoms with Crippen LogP contribution in [0.3, 0.4) is 0 Å². The molecule has 0 heterocycles. The highest BCUT2D eigenvalue weighted by atomic mass is 35.5. The highest BCUT2D eigenvalue weighted by Gasteiger charge is 2.10. The summed E-state index contributed by atoms with van der Waals surface area (Å²) >= 11 is 24.0. The van der Waals surface area contributed by atoms with Crippen LogP contribution in [0.1, 0.15) is 0 Å². The van der Waals surface area contributed by atoms with E-state index < -0.39 is 0 Å². The Bertz CT molecular complexity index is 416. The lowest BCUT2D eigenvalue weighted by Gasteiger charge is -2.06. The van der Waals surface area contributed by atoms with Crippen molar-refractivity contribution in [1.29, 1.82) is 0 Å². The molecule has 0 aliphatic carbocycles. The summed E-state index contributed by atoms with van der Waals surface area (Å²) in [5, 5.41) is 3.62. The fourth-order valence-electron chi connectivity index (χ4n) is 1.33. The molecule has 0 nitrogen and oxygen atoms in total. The zero-order chi connectivity index (χ0) is 10.3. The molecule has 0 bridgehead atoms. The Balaban J connectivity index is 3.05. The van der Waals surface area contributed by atoms with E-state index in [1.54, 1.807) is 24.3 Å². The maximum absolute atomic E-state index is 6.00. The summed E-state index contributed by atoms with van der Waals surface area (Å²) in [7, 11) is 0. The summed E-state index contributed by atoms with van der Waals surface area (Å²) in [4.78, 5) is 0. The van der Waals surface area contributed by atoms with Gasteiger partial charge in [-0.3, -0.25) is 0 Å². The Labute approximate surface area is 101 Å². The molecule has 72 valence electrons. The maximum atomic E-state index is 6.00. The van der Waals surface area contributed by atoms with E-state index in [0.717, 1.165) is 0 Å². The molecule has 0 amide bonds. The average molecular weight is 266 g/mol. The summed E-state index contributed by atoms with van der Waals surface area (Å²) in [6.07, 6.45) is 0. The lowest BCUT2D eigenvalue weighted by atomic mass is 10.1. The van der Waals surface area contributed by atoms with Gasteiger partial charge in [0, 0.05) is 10.8 Å². The number of halogens is 4. The van der Waals surface area contributed by atoms with Gasteiger partial charge in [0.25, 0.3) is 0 Å². The zero-order valence-corrected chi connectivity index (χ0v) is 9.84. The lowest BCUT2D eigenvalue weighted by molar-refractivity contribution is 1.74. The minimum absolute atomic E-state index is 0.553. The number of fused-ring (bicyclic) bond motifs is 1. The van der Waals surface area contributed by atoms with Gasteiger partial charge in [-0.05, 0) is 24.3 Å². The first-order valence-electron chi connectivity index (χ1n) is 3.83. The van der Waals surface area contributed by atoms with Gasteiger partial charge in [-0.15, -0.1) is 0 Å². The van der Waals surface area contributed by atoms with E-state index in [4.69, 9.17) is 46.4 Å². The largest absolute Gasteiger partial charge is 0.0836 e. The molecular formula is C10H4Cl4. The van der Waals surface area contributed by atoms with Crippen LogP contribution in [0.4, 0.5) is 0 Å². The van der Waals surface area contributed by atoms with Crippen molar-refractivity contribution in [3.05, 3.63) is 44.4 Å². The van der Waals surface area contributed by atoms with E-state index in [2.05, 4.69) is 0 Å². The van der Waals surface area contributed by atoms with Crippen LogP contribution in [-0.2, 0) is 0 Å². The summed E-state index contributed by atoms with van der Waals surface area (Å²) in [6, 6.07) is 6.81. The van der Waals surface area contributed by atoms with Crippen LogP contribution >= 0.6 is 46.4 Å². The van der Waals surface area contributed by atoms with Crippen molar-refractivity contribution >= 4 is 57.2 Å². The molecule has 2 rings (SSSR count). The van der Waals surface area contributed by atoms with Gasteiger partial charge >= 0.3 is 0 Å². The van der Waals surface area contributed by atoms with Crippen molar-refractivity contribution in [3.63, 3.8) is 0 Å². The van der Waals surface area contributed by atoms with Gasteiger partial charge in [-0.2, -0.15) is 0 Å². The number of hydrogen-bond acceptors (Lipinski definition) is 0. The second kappa shape index (κ2) is 3.79. The van der Waals surface area contributed by atoms with E-state index in [0.29, 0.717) is 30.9 Å². The van der Waals surface area contributed by atoms with Crippen molar-refractivity contribution in [2.75, 3.05) is 0 Å². The molecule has 0 atom stereocenters. The minimum atomic E-state index is 0.553. The molecule has 0 aliphatic rings. The summed E-state index contributed by atoms with van der Waals surface area (Å²) in [5.41, 5.74) is 0. The first-order valence-corrected chi connectivity index (χ1v) is 5.34. The lowest BCUT2D eigenvalue weighted by Crippen LogP contribution is -1.79. The summed E-state index contributed by atoms with van der Waals surface area (Å²) < 4.78 is 0. The van der Waals surface area contributed by atoms with Gasteiger partial charge in [0.1, 0.15) is 0 Å². The second-order valence-electron chi connectivity index (χ2n) is 2.81. The zero-order valence-electron chi connectivity index (χ0n) is 6.82. The Morgan fingerprint density at radius 3 is 0.929 bits per heavy atom. The maximum Gasteiger partial charge on any atom is 0.0500 e. The van der Waals surface area contributed by atoms with Crippen LogP contribution in [-0.4, -0.2) is 0 Å². The molecule has 14 heavy (non-hydrogen) atoms. The predicted molar refractivity (Wildman–Crippen MR) is 64.0 cm³/mol. The van der Waals surface area contributed by atoms with E-state index >= 15 is 0 Å². The summed E-state index contributed by atoms with van der Waals surface area (Å²) in [5.74, 6) is 0. The monoisotopic (exact) mass is 264 g/mol. The normalized spacial score (nSPS) is 10.9. The second-order valence-corrected chi connectivity index (χ2v) is 4.44. The topological polar surface area (TPSA) is 0 Å². The highest BCUT2D eigenvalue weighted by molar-refractivity contribution is 6.48. The Kier molecular flexibility index (Phi) is 2.81. The van der Waals surface area contributed by atoms with Crippen molar-refractivity contribution in [2.45, 2.75) is 0 Å². The molecule has 0 saturated carbocycles. The third kappa shape index (κ3) is 1.57. The smallest absolute Gasteiger partial charge is 0.0500 e. The number of rotatable bonds is 0. The van der Waals surface area contributed by atoms with E-state index in [1.165, 1.54) is 0 Å². The Morgan fingerprint density at radius 1 is 0.500 bits per heavy atom. The molecule has 0 aromatic heterocycles. The quantitative estimate of drug-likeness (QED) is 0.594. The molecule has 0 unspecified atom stereocenters. The van der Waals surface area contributed by atoms with Gasteiger partial charge in [0.15, 0.2) is 0 Å². The van der Waals surface area contributed by atoms with Gasteiger partial charge in [0.2, 0.25) is 0 Å². The van der Waals surface area contributed by atoms with Crippen molar-refractivity contribution in [1.82, 2.24) is 0 Å². The van der Waals surface area contributed by atoms with Gasteiger partial charge in [0.05, 0.1) is 20.1 Å². The molecule has 0 radical (unpaired) electrons. The minimum Gasteiger partial charge on any atom is -0.0836 e. The fourth-order valence-corrected chi connectivity index (χ4v) is 2.47. The van der Waals surface area contributed by atoms with Gasteiger partial charge in [-0.25, -0.2) is 0 Å². The third-order valence-corrected chi connectivity index (χ3v) is 3.22. The van der Waals surface area contributed by atoms with Crippen molar-refractivity contribution < 1.29 is 0 Å². The molecule has 2 aromatic carbocycles. The fraction of sp³-hybridized carbons (Fsp3) is 0. The van der Waals surface area contributed by atoms with Crippen LogP contribution in [0.25, 0.3) is 10.8 Å². The third-order valence-electron chi connectivity index (χ3n) is 1.96. The molecule has 0 N–H and O–H groups in total. The molecule has 2 aromatic rings. The van der Waals surface area contributed by atoms with Crippen LogP contribution in [0.2, 0.25) is 20.1 Å². The molecule has 0 fully saturated rings. The van der Waals surface area contributed by atoms with E-state index in [1.807, 2.05) is 0 Å². The van der Waals surface area contributed by atoms with Gasteiger partial charge < -0.3 is 0 Å². The van der Waals surface area contributed by atoms with Crippen molar-refractivity contribution in [3.8, 4) is 0 Å². The number of benzene rings is 2. The van der Waals surface area contributed by atoms with Crippen LogP contribution in [0, 0.1) is 0 Å². The average Bonchev–Trinajstić information content (AvgIpc) is 2.16. The standard InChI is InChI=1S/C10H4Cl4/c11-5-1-2-6(12)10-8(14)4-3-7(13)9(5)10/h1-4H. The Morgan fingerprint density at radius 2 is 0.714 bits per heavy atom. The summed E-state index contributed by atoms with van der Waals surface area (Å²) in [6.45, 7) is 0. The van der Waals surface area contributed by atoms with E-state index in [9.17, 15) is 0 Å². The predicted octanol–water partition coefficient (Wildman–Crippen LogP) is 5.45. The van der Waals surface area contributed by atoms with Gasteiger partial charge in [-0.1, -0.05) is 46.4 Å². The molecule has 0 spiro atoms. The van der Waals surface area contributed by atoms with Crippen LogP contribution in [0.5, 0.6) is 0 Å². The Hall–Kier alpha value is -0.140.